The Kier molecular flexibility index (Phi) is 5.95. The first kappa shape index (κ1) is 13.1. The number of nitrogens with one attached hydrogen (secondary N) is 1. The zero-order valence-corrected chi connectivity index (χ0v) is 10.5. The maximum atomic E-state index is 11.3. The number of amides is 1. The summed E-state index contributed by atoms with van der Waals surface area (Å²) in [5.41, 5.74) is 0. The molecule has 0 aliphatic carbocycles. The molecule has 1 N–H and O–H groups in total. The molecule has 1 rings (SSSR count). The van der Waals surface area contributed by atoms with E-state index in [0.29, 0.717) is 5.75 Å². The van der Waals surface area contributed by atoms with Gasteiger partial charge in [-0.05, 0) is 11.4 Å². The van der Waals surface area contributed by atoms with E-state index in [2.05, 4.69) is 10.1 Å². The third-order valence-corrected chi connectivity index (χ3v) is 3.76. The summed E-state index contributed by atoms with van der Waals surface area (Å²) < 4.78 is 4.41. The highest BCUT2D eigenvalue weighted by atomic mass is 32.2. The smallest absolute Gasteiger partial charge is 0.325 e. The van der Waals surface area contributed by atoms with Crippen molar-refractivity contribution in [2.75, 3.05) is 19.4 Å². The van der Waals surface area contributed by atoms with E-state index in [9.17, 15) is 9.59 Å². The van der Waals surface area contributed by atoms with Crippen molar-refractivity contribution in [1.29, 1.82) is 0 Å². The minimum Gasteiger partial charge on any atom is -0.468 e. The summed E-state index contributed by atoms with van der Waals surface area (Å²) in [7, 11) is 1.29. The summed E-state index contributed by atoms with van der Waals surface area (Å²) in [4.78, 5) is 23.2. The van der Waals surface area contributed by atoms with Crippen LogP contribution in [0.1, 0.15) is 4.88 Å². The van der Waals surface area contributed by atoms with Gasteiger partial charge >= 0.3 is 5.97 Å². The van der Waals surface area contributed by atoms with Gasteiger partial charge in [-0.3, -0.25) is 9.59 Å². The first-order valence-corrected chi connectivity index (χ1v) is 6.69. The van der Waals surface area contributed by atoms with Crippen LogP contribution < -0.4 is 5.32 Å². The Bertz CT molecular complexity index is 338. The second kappa shape index (κ2) is 7.29. The lowest BCUT2D eigenvalue weighted by atomic mass is 10.5. The quantitative estimate of drug-likeness (QED) is 0.782. The summed E-state index contributed by atoms with van der Waals surface area (Å²) in [6, 6.07) is 4.02. The minimum absolute atomic E-state index is 0.0606. The Morgan fingerprint density at radius 3 is 3.00 bits per heavy atom. The standard InChI is InChI=1S/C10H13NO3S2/c1-14-10(13)5-11-9(12)7-15-6-8-3-2-4-16-8/h2-4H,5-7H2,1H3,(H,11,12). The number of carbonyl (C=O) groups excluding carboxylic acids is 2. The van der Waals surface area contributed by atoms with Crippen molar-refractivity contribution < 1.29 is 14.3 Å². The Labute approximate surface area is 102 Å². The van der Waals surface area contributed by atoms with Gasteiger partial charge in [-0.15, -0.1) is 23.1 Å². The van der Waals surface area contributed by atoms with Crippen molar-refractivity contribution in [2.24, 2.45) is 0 Å². The van der Waals surface area contributed by atoms with Gasteiger partial charge in [-0.2, -0.15) is 0 Å². The van der Waals surface area contributed by atoms with Crippen molar-refractivity contribution in [2.45, 2.75) is 5.75 Å². The van der Waals surface area contributed by atoms with Gasteiger partial charge in [-0.25, -0.2) is 0 Å². The normalized spacial score (nSPS) is 9.81. The third-order valence-electron chi connectivity index (χ3n) is 1.72. The number of carbonyl (C=O) groups is 2. The molecule has 88 valence electrons. The SMILES string of the molecule is COC(=O)CNC(=O)CSCc1cccs1. The maximum Gasteiger partial charge on any atom is 0.325 e. The van der Waals surface area contributed by atoms with Crippen molar-refractivity contribution in [3.05, 3.63) is 22.4 Å². The van der Waals surface area contributed by atoms with Gasteiger partial charge in [0.05, 0.1) is 12.9 Å². The third kappa shape index (κ3) is 5.18. The molecule has 0 saturated heterocycles. The van der Waals surface area contributed by atoms with Crippen LogP contribution in [0.2, 0.25) is 0 Å². The highest BCUT2D eigenvalue weighted by Crippen LogP contribution is 2.16. The van der Waals surface area contributed by atoms with Crippen molar-refractivity contribution in [3.8, 4) is 0 Å². The molecule has 0 unspecified atom stereocenters. The molecule has 0 aliphatic rings. The van der Waals surface area contributed by atoms with Gasteiger partial charge < -0.3 is 10.1 Å². The van der Waals surface area contributed by atoms with E-state index in [1.165, 1.54) is 23.7 Å². The molecule has 1 aromatic rings. The Morgan fingerprint density at radius 1 is 1.56 bits per heavy atom. The van der Waals surface area contributed by atoms with Gasteiger partial charge in [0.15, 0.2) is 0 Å². The molecule has 0 atom stereocenters. The predicted octanol–water partition coefficient (Wildman–Crippen LogP) is 1.27. The van der Waals surface area contributed by atoms with Crippen molar-refractivity contribution in [3.63, 3.8) is 0 Å². The van der Waals surface area contributed by atoms with Gasteiger partial charge in [0.2, 0.25) is 5.91 Å². The fraction of sp³-hybridized carbons (Fsp3) is 0.400. The van der Waals surface area contributed by atoms with E-state index in [0.717, 1.165) is 5.75 Å². The van der Waals surface area contributed by atoms with E-state index in [-0.39, 0.29) is 12.5 Å². The number of thiophene rings is 1. The fourth-order valence-electron chi connectivity index (χ4n) is 0.933. The van der Waals surface area contributed by atoms with E-state index in [1.807, 2.05) is 17.5 Å². The number of ether oxygens (including phenoxy) is 1. The van der Waals surface area contributed by atoms with Gasteiger partial charge in [0, 0.05) is 10.6 Å². The number of methoxy groups -OCH3 is 1. The number of esters is 1. The van der Waals surface area contributed by atoms with Crippen LogP contribution in [0.15, 0.2) is 17.5 Å². The molecule has 4 nitrogen and oxygen atoms in total. The predicted molar refractivity (Wildman–Crippen MR) is 65.5 cm³/mol. The average molecular weight is 259 g/mol. The Balaban J connectivity index is 2.09. The molecule has 0 saturated carbocycles. The van der Waals surface area contributed by atoms with Crippen molar-refractivity contribution in [1.82, 2.24) is 5.32 Å². The molecule has 6 heteroatoms. The average Bonchev–Trinajstić information content (AvgIpc) is 2.79. The van der Waals surface area contributed by atoms with Crippen LogP contribution >= 0.6 is 23.1 Å². The lowest BCUT2D eigenvalue weighted by Gasteiger charge is -2.02. The van der Waals surface area contributed by atoms with Gasteiger partial charge in [0.25, 0.3) is 0 Å². The number of thioether (sulfide) groups is 1. The molecule has 0 aromatic carbocycles. The fourth-order valence-corrected chi connectivity index (χ4v) is 2.63. The Morgan fingerprint density at radius 2 is 2.38 bits per heavy atom. The summed E-state index contributed by atoms with van der Waals surface area (Å²) in [6.07, 6.45) is 0. The summed E-state index contributed by atoms with van der Waals surface area (Å²) in [5, 5.41) is 4.49. The van der Waals surface area contributed by atoms with Crippen LogP contribution in [0.5, 0.6) is 0 Å². The van der Waals surface area contributed by atoms with Crippen LogP contribution in [-0.2, 0) is 20.1 Å². The van der Waals surface area contributed by atoms with Crippen LogP contribution in [0.4, 0.5) is 0 Å². The maximum absolute atomic E-state index is 11.3. The van der Waals surface area contributed by atoms with Crippen LogP contribution in [0.25, 0.3) is 0 Å². The second-order valence-electron chi connectivity index (χ2n) is 2.93. The number of rotatable bonds is 6. The second-order valence-corrected chi connectivity index (χ2v) is 4.94. The summed E-state index contributed by atoms with van der Waals surface area (Å²) in [5.74, 6) is 0.599. The zero-order chi connectivity index (χ0) is 11.8. The molecule has 1 heterocycles. The lowest BCUT2D eigenvalue weighted by Crippen LogP contribution is -2.31. The van der Waals surface area contributed by atoms with E-state index in [1.54, 1.807) is 11.3 Å². The number of hydrogen-bond donors (Lipinski definition) is 1. The highest BCUT2D eigenvalue weighted by Gasteiger charge is 2.05. The number of hydrogen-bond acceptors (Lipinski definition) is 5. The van der Waals surface area contributed by atoms with E-state index >= 15 is 0 Å². The molecule has 0 spiro atoms. The Hall–Kier alpha value is -1.01. The lowest BCUT2D eigenvalue weighted by molar-refractivity contribution is -0.140. The summed E-state index contributed by atoms with van der Waals surface area (Å²) >= 11 is 3.19. The van der Waals surface area contributed by atoms with Gasteiger partial charge in [-0.1, -0.05) is 6.07 Å². The van der Waals surface area contributed by atoms with E-state index < -0.39 is 5.97 Å². The molecule has 16 heavy (non-hydrogen) atoms. The molecular formula is C10H13NO3S2. The topological polar surface area (TPSA) is 55.4 Å². The molecule has 0 fully saturated rings. The monoisotopic (exact) mass is 259 g/mol. The van der Waals surface area contributed by atoms with Crippen LogP contribution in [0, 0.1) is 0 Å². The largest absolute Gasteiger partial charge is 0.468 e. The minimum atomic E-state index is -0.434. The molecule has 0 aliphatic heterocycles. The molecule has 0 radical (unpaired) electrons. The molecule has 1 aromatic heterocycles. The molecule has 1 amide bonds. The zero-order valence-electron chi connectivity index (χ0n) is 8.89. The van der Waals surface area contributed by atoms with Crippen LogP contribution in [-0.4, -0.2) is 31.3 Å². The molecule has 0 bridgehead atoms. The van der Waals surface area contributed by atoms with Gasteiger partial charge in [0.1, 0.15) is 6.54 Å². The first-order valence-electron chi connectivity index (χ1n) is 4.66. The van der Waals surface area contributed by atoms with E-state index in [4.69, 9.17) is 0 Å². The highest BCUT2D eigenvalue weighted by molar-refractivity contribution is 7.99. The summed E-state index contributed by atoms with van der Waals surface area (Å²) in [6.45, 7) is -0.0606. The van der Waals surface area contributed by atoms with Crippen LogP contribution in [0.3, 0.4) is 0 Å². The molecular weight excluding hydrogens is 246 g/mol. The van der Waals surface area contributed by atoms with Crippen molar-refractivity contribution >= 4 is 35.0 Å². The first-order chi connectivity index (χ1) is 7.72.